The molecule has 0 aliphatic rings. The third-order valence-corrected chi connectivity index (χ3v) is 6.67. The normalized spacial score (nSPS) is 11.6. The van der Waals surface area contributed by atoms with Gasteiger partial charge in [0.25, 0.3) is 11.5 Å². The zero-order valence-corrected chi connectivity index (χ0v) is 25.0. The second-order valence-corrected chi connectivity index (χ2v) is 10.9. The predicted molar refractivity (Wildman–Crippen MR) is 164 cm³/mol. The predicted octanol–water partition coefficient (Wildman–Crippen LogP) is 5.65. The Balaban J connectivity index is 1.83. The van der Waals surface area contributed by atoms with E-state index in [1.165, 1.54) is 18.8 Å². The molecule has 0 aliphatic heterocycles. The van der Waals surface area contributed by atoms with Crippen LogP contribution in [0, 0.1) is 16.7 Å². The summed E-state index contributed by atoms with van der Waals surface area (Å²) in [6.45, 7) is 5.85. The van der Waals surface area contributed by atoms with E-state index in [1.807, 2.05) is 32.9 Å². The van der Waals surface area contributed by atoms with Crippen LogP contribution in [0.4, 0.5) is 11.6 Å². The number of hydrogen-bond donors (Lipinski definition) is 2. The Morgan fingerprint density at radius 1 is 1.14 bits per heavy atom. The van der Waals surface area contributed by atoms with Crippen LogP contribution in [0.3, 0.4) is 0 Å². The molecule has 4 aromatic rings. The summed E-state index contributed by atoms with van der Waals surface area (Å²) >= 11 is 6.66. The van der Waals surface area contributed by atoms with Gasteiger partial charge in [-0.3, -0.25) is 14.2 Å². The van der Waals surface area contributed by atoms with Gasteiger partial charge in [0.15, 0.2) is 0 Å². The Hall–Kier alpha value is -4.88. The van der Waals surface area contributed by atoms with E-state index in [9.17, 15) is 14.9 Å². The van der Waals surface area contributed by atoms with Crippen molar-refractivity contribution in [3.05, 3.63) is 81.3 Å². The van der Waals surface area contributed by atoms with Crippen LogP contribution in [0.1, 0.15) is 26.3 Å². The standard InChI is InChI=1S/C31H31ClN6O4/c1-31(2,3)14-20(15-33)28(39)36-21-9-7-8-18(10-21)17-38-27-19(16-35-30(34-4)37-27)11-24(29(38)40)23-12-22(41-5)13-25(42-6)26(23)32/h7-14,16H,17H2,1-6H3,(H,36,39)(H,34,35,37)/b20-14+. The lowest BCUT2D eigenvalue weighted by atomic mass is 9.93. The molecule has 0 atom stereocenters. The maximum atomic E-state index is 14.1. The summed E-state index contributed by atoms with van der Waals surface area (Å²) in [6.07, 6.45) is 3.25. The van der Waals surface area contributed by atoms with Crippen molar-refractivity contribution in [2.24, 2.45) is 5.41 Å². The summed E-state index contributed by atoms with van der Waals surface area (Å²) < 4.78 is 12.4. The van der Waals surface area contributed by atoms with Crippen LogP contribution in [0.5, 0.6) is 11.5 Å². The zero-order chi connectivity index (χ0) is 30.6. The molecule has 0 aliphatic carbocycles. The molecule has 42 heavy (non-hydrogen) atoms. The fourth-order valence-corrected chi connectivity index (χ4v) is 4.65. The van der Waals surface area contributed by atoms with E-state index in [2.05, 4.69) is 20.6 Å². The first-order chi connectivity index (χ1) is 20.0. The summed E-state index contributed by atoms with van der Waals surface area (Å²) in [5.41, 5.74) is 1.66. The second kappa shape index (κ2) is 12.3. The lowest BCUT2D eigenvalue weighted by Gasteiger charge is -2.16. The van der Waals surface area contributed by atoms with Gasteiger partial charge in [0, 0.05) is 41.5 Å². The van der Waals surface area contributed by atoms with Crippen LogP contribution >= 0.6 is 11.6 Å². The smallest absolute Gasteiger partial charge is 0.265 e. The number of fused-ring (bicyclic) bond motifs is 1. The second-order valence-electron chi connectivity index (χ2n) is 10.6. The lowest BCUT2D eigenvalue weighted by molar-refractivity contribution is -0.112. The Morgan fingerprint density at radius 3 is 2.55 bits per heavy atom. The SMILES string of the molecule is CNc1ncc2cc(-c3cc(OC)cc(OC)c3Cl)c(=O)n(Cc3cccc(NC(=O)/C(C#N)=C/C(C)(C)C)c3)c2n1. The zero-order valence-electron chi connectivity index (χ0n) is 24.2. The largest absolute Gasteiger partial charge is 0.497 e. The fraction of sp³-hybridized carbons (Fsp3) is 0.258. The first-order valence-electron chi connectivity index (χ1n) is 13.0. The summed E-state index contributed by atoms with van der Waals surface area (Å²) in [5, 5.41) is 16.1. The van der Waals surface area contributed by atoms with E-state index in [4.69, 9.17) is 21.1 Å². The molecule has 4 rings (SSSR count). The maximum Gasteiger partial charge on any atom is 0.265 e. The molecule has 0 bridgehead atoms. The molecule has 11 heteroatoms. The summed E-state index contributed by atoms with van der Waals surface area (Å²) in [7, 11) is 4.69. The molecule has 0 fully saturated rings. The van der Waals surface area contributed by atoms with E-state index < -0.39 is 5.91 Å². The molecule has 0 spiro atoms. The summed E-state index contributed by atoms with van der Waals surface area (Å²) in [5.74, 6) is 0.668. The molecule has 10 nitrogen and oxygen atoms in total. The molecular weight excluding hydrogens is 556 g/mol. The Kier molecular flexibility index (Phi) is 8.83. The van der Waals surface area contributed by atoms with E-state index >= 15 is 0 Å². The number of hydrogen-bond acceptors (Lipinski definition) is 8. The van der Waals surface area contributed by atoms with Crippen molar-refractivity contribution in [3.63, 3.8) is 0 Å². The quantitative estimate of drug-likeness (QED) is 0.200. The van der Waals surface area contributed by atoms with Gasteiger partial charge in [-0.1, -0.05) is 50.6 Å². The molecule has 1 amide bonds. The first kappa shape index (κ1) is 30.1. The van der Waals surface area contributed by atoms with Crippen LogP contribution in [0.15, 0.2) is 65.1 Å². The van der Waals surface area contributed by atoms with Crippen molar-refractivity contribution in [1.29, 1.82) is 5.26 Å². The van der Waals surface area contributed by atoms with Crippen molar-refractivity contribution >= 4 is 40.2 Å². The van der Waals surface area contributed by atoms with Gasteiger partial charge in [-0.2, -0.15) is 10.2 Å². The minimum atomic E-state index is -0.512. The van der Waals surface area contributed by atoms with Gasteiger partial charge in [0.2, 0.25) is 5.95 Å². The molecular formula is C31H31ClN6O4. The topological polar surface area (TPSA) is 131 Å². The van der Waals surface area contributed by atoms with Crippen LogP contribution < -0.4 is 25.7 Å². The van der Waals surface area contributed by atoms with E-state index in [0.717, 1.165) is 0 Å². The number of pyridine rings is 1. The number of rotatable bonds is 8. The molecule has 0 radical (unpaired) electrons. The number of aromatic nitrogens is 3. The molecule has 2 aromatic heterocycles. The van der Waals surface area contributed by atoms with Crippen molar-refractivity contribution in [3.8, 4) is 28.7 Å². The summed E-state index contributed by atoms with van der Waals surface area (Å²) in [6, 6.07) is 14.0. The van der Waals surface area contributed by atoms with Crippen molar-refractivity contribution in [2.75, 3.05) is 31.9 Å². The highest BCUT2D eigenvalue weighted by Crippen LogP contribution is 2.38. The number of halogens is 1. The molecule has 2 heterocycles. The molecule has 0 saturated carbocycles. The van der Waals surface area contributed by atoms with Gasteiger partial charge in [-0.25, -0.2) is 4.98 Å². The van der Waals surface area contributed by atoms with Gasteiger partial charge >= 0.3 is 0 Å². The Bertz CT molecular complexity index is 1800. The van der Waals surface area contributed by atoms with Gasteiger partial charge in [-0.15, -0.1) is 0 Å². The highest BCUT2D eigenvalue weighted by molar-refractivity contribution is 6.35. The highest BCUT2D eigenvalue weighted by Gasteiger charge is 2.20. The number of nitrogens with zero attached hydrogens (tertiary/aromatic N) is 4. The van der Waals surface area contributed by atoms with Crippen LogP contribution in [0.25, 0.3) is 22.2 Å². The van der Waals surface area contributed by atoms with E-state index in [-0.39, 0.29) is 28.1 Å². The van der Waals surface area contributed by atoms with Crippen LogP contribution in [-0.4, -0.2) is 41.7 Å². The van der Waals surface area contributed by atoms with Gasteiger partial charge in [0.05, 0.1) is 25.8 Å². The monoisotopic (exact) mass is 586 g/mol. The third-order valence-electron chi connectivity index (χ3n) is 6.28. The number of carbonyl (C=O) groups is 1. The number of nitriles is 1. The minimum absolute atomic E-state index is 0.0182. The van der Waals surface area contributed by atoms with Gasteiger partial charge < -0.3 is 20.1 Å². The third kappa shape index (κ3) is 6.53. The Morgan fingerprint density at radius 2 is 1.90 bits per heavy atom. The number of anilines is 2. The van der Waals surface area contributed by atoms with Gasteiger partial charge in [0.1, 0.15) is 28.8 Å². The number of ether oxygens (including phenoxy) is 2. The van der Waals surface area contributed by atoms with Crippen molar-refractivity contribution in [2.45, 2.75) is 27.3 Å². The van der Waals surface area contributed by atoms with E-state index in [1.54, 1.807) is 55.7 Å². The fourth-order valence-electron chi connectivity index (χ4n) is 4.36. The highest BCUT2D eigenvalue weighted by atomic mass is 35.5. The van der Waals surface area contributed by atoms with Gasteiger partial charge in [-0.05, 0) is 35.2 Å². The molecule has 2 aromatic carbocycles. The van der Waals surface area contributed by atoms with Crippen LogP contribution in [0.2, 0.25) is 5.02 Å². The van der Waals surface area contributed by atoms with Crippen molar-refractivity contribution < 1.29 is 14.3 Å². The van der Waals surface area contributed by atoms with Crippen molar-refractivity contribution in [1.82, 2.24) is 14.5 Å². The molecule has 0 unspecified atom stereocenters. The number of nitrogens with one attached hydrogen (secondary N) is 2. The van der Waals surface area contributed by atoms with Crippen LogP contribution in [-0.2, 0) is 11.3 Å². The number of allylic oxidation sites excluding steroid dienone is 1. The molecule has 216 valence electrons. The minimum Gasteiger partial charge on any atom is -0.497 e. The number of amides is 1. The number of benzene rings is 2. The lowest BCUT2D eigenvalue weighted by Crippen LogP contribution is -2.24. The molecule has 2 N–H and O–H groups in total. The number of methoxy groups -OCH3 is 2. The van der Waals surface area contributed by atoms with E-state index in [0.29, 0.717) is 50.9 Å². The summed E-state index contributed by atoms with van der Waals surface area (Å²) in [4.78, 5) is 35.8. The first-order valence-corrected chi connectivity index (χ1v) is 13.4. The maximum absolute atomic E-state index is 14.1. The Labute approximate surface area is 248 Å². The average molecular weight is 587 g/mol. The molecule has 0 saturated heterocycles. The number of carbonyl (C=O) groups excluding carboxylic acids is 1. The average Bonchev–Trinajstić information content (AvgIpc) is 2.97.